The number of carbonyl (C=O) groups is 3. The smallest absolute Gasteiger partial charge is 0.310 e. The maximum Gasteiger partial charge on any atom is 0.310 e. The Kier molecular flexibility index (Phi) is 47.1. The summed E-state index contributed by atoms with van der Waals surface area (Å²) in [7, 11) is 0. The molecule has 0 aromatic carbocycles. The van der Waals surface area contributed by atoms with Gasteiger partial charge in [-0.05, 0) is 89.9 Å². The van der Waals surface area contributed by atoms with Crippen LogP contribution in [0.4, 0.5) is 0 Å². The van der Waals surface area contributed by atoms with E-state index >= 15 is 0 Å². The quantitative estimate of drug-likeness (QED) is 0.0263. The maximum absolute atomic E-state index is 12.6. The summed E-state index contributed by atoms with van der Waals surface area (Å²) in [6.45, 7) is 6.21. The molecule has 354 valence electrons. The molecule has 0 amide bonds. The van der Waals surface area contributed by atoms with Gasteiger partial charge in [-0.1, -0.05) is 213 Å². The van der Waals surface area contributed by atoms with Gasteiger partial charge in [-0.15, -0.1) is 0 Å². The first kappa shape index (κ1) is 58.8. The highest BCUT2D eigenvalue weighted by molar-refractivity contribution is 5.72. The lowest BCUT2D eigenvalue weighted by Gasteiger charge is -2.18. The van der Waals surface area contributed by atoms with E-state index in [0.29, 0.717) is 19.3 Å². The third kappa shape index (κ3) is 48.7. The Bertz CT molecular complexity index is 1370. The molecule has 0 aliphatic heterocycles. The van der Waals surface area contributed by atoms with E-state index in [1.807, 2.05) is 6.08 Å². The van der Waals surface area contributed by atoms with Gasteiger partial charge in [-0.3, -0.25) is 14.4 Å². The predicted octanol–water partition coefficient (Wildman–Crippen LogP) is 16.5. The average molecular weight is 871 g/mol. The van der Waals surface area contributed by atoms with Crippen LogP contribution in [0.25, 0.3) is 0 Å². The summed E-state index contributed by atoms with van der Waals surface area (Å²) in [5, 5.41) is 0. The molecule has 0 saturated heterocycles. The summed E-state index contributed by atoms with van der Waals surface area (Å²) < 4.78 is 16.5. The first-order chi connectivity index (χ1) is 31.0. The van der Waals surface area contributed by atoms with Crippen LogP contribution in [0.1, 0.15) is 201 Å². The zero-order chi connectivity index (χ0) is 45.8. The number of hydrogen-bond acceptors (Lipinski definition) is 6. The molecular formula is C57H90O6. The Morgan fingerprint density at radius 1 is 0.349 bits per heavy atom. The third-order valence-electron chi connectivity index (χ3n) is 9.99. The van der Waals surface area contributed by atoms with Gasteiger partial charge in [0.2, 0.25) is 0 Å². The summed E-state index contributed by atoms with van der Waals surface area (Å²) >= 11 is 0. The number of allylic oxidation sites excluding steroid dienone is 19. The van der Waals surface area contributed by atoms with Crippen molar-refractivity contribution in [3.05, 3.63) is 122 Å². The molecule has 63 heavy (non-hydrogen) atoms. The lowest BCUT2D eigenvalue weighted by atomic mass is 10.1. The van der Waals surface area contributed by atoms with Gasteiger partial charge in [-0.2, -0.15) is 0 Å². The van der Waals surface area contributed by atoms with Gasteiger partial charge in [-0.25, -0.2) is 0 Å². The van der Waals surface area contributed by atoms with Gasteiger partial charge < -0.3 is 14.2 Å². The fourth-order valence-electron chi connectivity index (χ4n) is 6.31. The van der Waals surface area contributed by atoms with Crippen molar-refractivity contribution in [2.24, 2.45) is 0 Å². The van der Waals surface area contributed by atoms with E-state index in [-0.39, 0.29) is 31.6 Å². The van der Waals surface area contributed by atoms with Gasteiger partial charge in [0.25, 0.3) is 0 Å². The largest absolute Gasteiger partial charge is 0.462 e. The molecule has 1 unspecified atom stereocenters. The fraction of sp³-hybridized carbons (Fsp3) is 0.596. The molecule has 0 aliphatic rings. The number of esters is 3. The van der Waals surface area contributed by atoms with Crippen LogP contribution in [0.5, 0.6) is 0 Å². The van der Waals surface area contributed by atoms with Crippen molar-refractivity contribution in [2.75, 3.05) is 13.2 Å². The highest BCUT2D eigenvalue weighted by atomic mass is 16.6. The number of rotatable bonds is 43. The minimum atomic E-state index is -0.833. The second-order valence-corrected chi connectivity index (χ2v) is 16.0. The molecule has 6 heteroatoms. The lowest BCUT2D eigenvalue weighted by Crippen LogP contribution is -2.30. The molecule has 6 nitrogen and oxygen atoms in total. The summed E-state index contributed by atoms with van der Waals surface area (Å²) in [4.78, 5) is 37.5. The van der Waals surface area contributed by atoms with Crippen LogP contribution in [0.3, 0.4) is 0 Å². The lowest BCUT2D eigenvalue weighted by molar-refractivity contribution is -0.166. The van der Waals surface area contributed by atoms with Gasteiger partial charge in [0.1, 0.15) is 13.2 Å². The van der Waals surface area contributed by atoms with Crippen LogP contribution in [0.15, 0.2) is 122 Å². The normalized spacial score (nSPS) is 13.1. The van der Waals surface area contributed by atoms with Gasteiger partial charge >= 0.3 is 17.9 Å². The van der Waals surface area contributed by atoms with E-state index in [9.17, 15) is 14.4 Å². The second-order valence-electron chi connectivity index (χ2n) is 16.0. The Balaban J connectivity index is 4.25. The van der Waals surface area contributed by atoms with E-state index in [1.165, 1.54) is 38.5 Å². The van der Waals surface area contributed by atoms with Crippen LogP contribution in [0, 0.1) is 0 Å². The molecule has 0 radical (unpaired) electrons. The first-order valence-electron chi connectivity index (χ1n) is 25.0. The number of hydrogen-bond donors (Lipinski definition) is 0. The summed E-state index contributed by atoms with van der Waals surface area (Å²) in [5.41, 5.74) is 0. The van der Waals surface area contributed by atoms with Crippen molar-refractivity contribution in [1.29, 1.82) is 0 Å². The summed E-state index contributed by atoms with van der Waals surface area (Å²) in [6, 6.07) is 0. The molecule has 0 N–H and O–H groups in total. The van der Waals surface area contributed by atoms with Crippen LogP contribution >= 0.6 is 0 Å². The Morgan fingerprint density at radius 2 is 0.667 bits per heavy atom. The van der Waals surface area contributed by atoms with E-state index in [4.69, 9.17) is 14.2 Å². The van der Waals surface area contributed by atoms with Crippen LogP contribution < -0.4 is 0 Å². The topological polar surface area (TPSA) is 78.9 Å². The Morgan fingerprint density at radius 3 is 1.05 bits per heavy atom. The van der Waals surface area contributed by atoms with E-state index in [2.05, 4.69) is 130 Å². The van der Waals surface area contributed by atoms with Crippen LogP contribution in [-0.4, -0.2) is 37.2 Å². The average Bonchev–Trinajstić information content (AvgIpc) is 3.28. The van der Waals surface area contributed by atoms with Crippen molar-refractivity contribution in [2.45, 2.75) is 207 Å². The molecular weight excluding hydrogens is 781 g/mol. The van der Waals surface area contributed by atoms with Crippen molar-refractivity contribution in [1.82, 2.24) is 0 Å². The van der Waals surface area contributed by atoms with E-state index in [0.717, 1.165) is 116 Å². The minimum absolute atomic E-state index is 0.0917. The number of ether oxygens (including phenoxy) is 3. The highest BCUT2D eigenvalue weighted by Crippen LogP contribution is 2.13. The second kappa shape index (κ2) is 50.5. The molecule has 1 atom stereocenters. The van der Waals surface area contributed by atoms with E-state index < -0.39 is 12.1 Å². The zero-order valence-corrected chi connectivity index (χ0v) is 40.3. The minimum Gasteiger partial charge on any atom is -0.462 e. The molecule has 0 aliphatic carbocycles. The monoisotopic (exact) mass is 871 g/mol. The van der Waals surface area contributed by atoms with Crippen LogP contribution in [-0.2, 0) is 28.6 Å². The van der Waals surface area contributed by atoms with Crippen LogP contribution in [0.2, 0.25) is 0 Å². The molecule has 0 heterocycles. The Labute approximate surface area is 386 Å². The van der Waals surface area contributed by atoms with Crippen molar-refractivity contribution < 1.29 is 28.6 Å². The van der Waals surface area contributed by atoms with Gasteiger partial charge in [0.15, 0.2) is 6.10 Å². The van der Waals surface area contributed by atoms with Gasteiger partial charge in [0, 0.05) is 12.8 Å². The molecule has 0 saturated carbocycles. The third-order valence-corrected chi connectivity index (χ3v) is 9.99. The number of unbranched alkanes of at least 4 members (excludes halogenated alkanes) is 13. The molecule has 0 bridgehead atoms. The van der Waals surface area contributed by atoms with Crippen molar-refractivity contribution >= 4 is 17.9 Å². The zero-order valence-electron chi connectivity index (χ0n) is 40.3. The summed E-state index contributed by atoms with van der Waals surface area (Å²) in [5.74, 6) is -1.08. The molecule has 0 fully saturated rings. The fourth-order valence-corrected chi connectivity index (χ4v) is 6.31. The molecule has 0 spiro atoms. The maximum atomic E-state index is 12.6. The Hall–Kier alpha value is -4.19. The van der Waals surface area contributed by atoms with Crippen molar-refractivity contribution in [3.8, 4) is 0 Å². The van der Waals surface area contributed by atoms with E-state index in [1.54, 1.807) is 6.08 Å². The highest BCUT2D eigenvalue weighted by Gasteiger charge is 2.19. The molecule has 0 aromatic heterocycles. The standard InChI is InChI=1S/C57H90O6/c1-4-7-10-13-15-17-19-21-23-24-25-26-27-28-29-30-31-32-34-35-37-39-41-44-47-50-56(59)62-53-54(52-61-55(58)49-46-43-12-9-6-3)63-57(60)51-48-45-42-40-38-36-33-22-20-18-16-14-11-8-5-2/h7-8,10-11,15-18,21-23,25-26,28-29,33,38,40,45,48,54H,4-6,9,12-14,19-20,24,27,30-32,34-37,39,41-44,46-47,49-53H2,1-3H3/b10-7-,11-8-,17-15-,18-16-,23-21-,26-25-,29-28-,33-22-,40-38-,48-45-. The first-order valence-corrected chi connectivity index (χ1v) is 25.0. The summed E-state index contributed by atoms with van der Waals surface area (Å²) in [6.07, 6.45) is 69.6. The van der Waals surface area contributed by atoms with Crippen molar-refractivity contribution in [3.63, 3.8) is 0 Å². The molecule has 0 aromatic rings. The number of carbonyl (C=O) groups excluding carboxylic acids is 3. The molecule has 0 rings (SSSR count). The SMILES string of the molecule is CC/C=C\C/C=C\C/C=C\C/C=C\C/C=C\CCCCCCCCCCCC(=O)OCC(COC(=O)CCCCCCC)OC(=O)C/C=C\C/C=C\C/C=C\C/C=C\C/C=C\CC. The predicted molar refractivity (Wildman–Crippen MR) is 269 cm³/mol. The van der Waals surface area contributed by atoms with Gasteiger partial charge in [0.05, 0.1) is 6.42 Å².